The number of hydrogen-bond acceptors (Lipinski definition) is 4. The second-order valence-corrected chi connectivity index (χ2v) is 7.08. The average Bonchev–Trinajstić information content (AvgIpc) is 3.02. The highest BCUT2D eigenvalue weighted by molar-refractivity contribution is 5.04. The Balaban J connectivity index is 1.54. The van der Waals surface area contributed by atoms with Gasteiger partial charge in [-0.05, 0) is 65.6 Å². The second kappa shape index (κ2) is 5.49. The van der Waals surface area contributed by atoms with Crippen molar-refractivity contribution in [2.75, 3.05) is 21.1 Å². The smallest absolute Gasteiger partial charge is 0.150 e. The van der Waals surface area contributed by atoms with Crippen molar-refractivity contribution in [2.45, 2.75) is 51.2 Å². The maximum atomic E-state index is 5.34. The van der Waals surface area contributed by atoms with Gasteiger partial charge in [0, 0.05) is 18.2 Å². The van der Waals surface area contributed by atoms with Gasteiger partial charge in [0.1, 0.15) is 0 Å². The minimum Gasteiger partial charge on any atom is -0.360 e. The molecule has 0 radical (unpaired) electrons. The van der Waals surface area contributed by atoms with Crippen LogP contribution in [0.3, 0.4) is 0 Å². The third kappa shape index (κ3) is 2.77. The molecule has 4 heteroatoms. The van der Waals surface area contributed by atoms with Crippen molar-refractivity contribution in [2.24, 2.45) is 11.8 Å². The van der Waals surface area contributed by atoms with E-state index in [9.17, 15) is 0 Å². The summed E-state index contributed by atoms with van der Waals surface area (Å²) in [5.74, 6) is 2.87. The zero-order valence-corrected chi connectivity index (χ0v) is 13.2. The summed E-state index contributed by atoms with van der Waals surface area (Å²) in [7, 11) is 6.68. The minimum absolute atomic E-state index is 0.721. The molecule has 4 atom stereocenters. The molecule has 20 heavy (non-hydrogen) atoms. The molecular formula is C16H27N3O. The van der Waals surface area contributed by atoms with Crippen molar-refractivity contribution in [3.63, 3.8) is 0 Å². The number of rotatable bonds is 4. The lowest BCUT2D eigenvalue weighted by molar-refractivity contribution is 0.192. The summed E-state index contributed by atoms with van der Waals surface area (Å²) < 4.78 is 5.34. The maximum absolute atomic E-state index is 5.34. The molecule has 1 heterocycles. The molecule has 0 bridgehead atoms. The first-order chi connectivity index (χ1) is 9.52. The summed E-state index contributed by atoms with van der Waals surface area (Å²) in [5, 5.41) is 3.98. The van der Waals surface area contributed by atoms with Crippen LogP contribution in [0, 0.1) is 18.8 Å². The van der Waals surface area contributed by atoms with Crippen LogP contribution in [-0.4, -0.2) is 48.2 Å². The van der Waals surface area contributed by atoms with Crippen LogP contribution in [0.2, 0.25) is 0 Å². The molecule has 2 unspecified atom stereocenters. The van der Waals surface area contributed by atoms with Gasteiger partial charge in [0.2, 0.25) is 0 Å². The molecule has 2 fully saturated rings. The highest BCUT2D eigenvalue weighted by Crippen LogP contribution is 2.46. The summed E-state index contributed by atoms with van der Waals surface area (Å²) in [6.45, 7) is 2.87. The Morgan fingerprint density at radius 2 is 1.70 bits per heavy atom. The van der Waals surface area contributed by atoms with Gasteiger partial charge in [-0.2, -0.15) is 0 Å². The first kappa shape index (κ1) is 14.1. The number of hydrogen-bond donors (Lipinski definition) is 0. The van der Waals surface area contributed by atoms with E-state index in [4.69, 9.17) is 4.52 Å². The lowest BCUT2D eigenvalue weighted by Crippen LogP contribution is -2.31. The Labute approximate surface area is 122 Å². The van der Waals surface area contributed by atoms with Crippen molar-refractivity contribution in [1.29, 1.82) is 0 Å². The molecule has 0 aliphatic heterocycles. The van der Waals surface area contributed by atoms with Gasteiger partial charge in [0.25, 0.3) is 0 Å². The molecule has 2 aliphatic carbocycles. The summed E-state index contributed by atoms with van der Waals surface area (Å²) in [6, 6.07) is 3.58. The number of fused-ring (bicyclic) bond motifs is 1. The van der Waals surface area contributed by atoms with E-state index in [2.05, 4.69) is 36.1 Å². The van der Waals surface area contributed by atoms with Gasteiger partial charge in [-0.25, -0.2) is 0 Å². The monoisotopic (exact) mass is 277 g/mol. The quantitative estimate of drug-likeness (QED) is 0.846. The molecule has 0 saturated heterocycles. The Hall–Kier alpha value is -0.870. The number of aromatic nitrogens is 1. The molecule has 4 nitrogen and oxygen atoms in total. The molecule has 0 amide bonds. The predicted octanol–water partition coefficient (Wildman–Crippen LogP) is 2.53. The normalized spacial score (nSPS) is 33.3. The van der Waals surface area contributed by atoms with Crippen molar-refractivity contribution in [3.8, 4) is 0 Å². The molecule has 3 rings (SSSR count). The Morgan fingerprint density at radius 1 is 1.10 bits per heavy atom. The largest absolute Gasteiger partial charge is 0.360 e. The summed E-state index contributed by atoms with van der Waals surface area (Å²) >= 11 is 0. The highest BCUT2D eigenvalue weighted by atomic mass is 16.5. The van der Waals surface area contributed by atoms with Crippen molar-refractivity contribution in [3.05, 3.63) is 17.5 Å². The lowest BCUT2D eigenvalue weighted by Gasteiger charge is -2.26. The van der Waals surface area contributed by atoms with Crippen molar-refractivity contribution >= 4 is 0 Å². The SMILES string of the molecule is Cc1cc(CN(C)C2C[C@H]3CC(N(C)C)C[C@H]3C2)on1. The summed E-state index contributed by atoms with van der Waals surface area (Å²) in [5.41, 5.74) is 0.977. The summed E-state index contributed by atoms with van der Waals surface area (Å²) in [4.78, 5) is 4.87. The molecule has 0 spiro atoms. The Morgan fingerprint density at radius 3 is 2.20 bits per heavy atom. The molecule has 112 valence electrons. The third-order valence-electron chi connectivity index (χ3n) is 5.40. The zero-order chi connectivity index (χ0) is 14.3. The average molecular weight is 277 g/mol. The second-order valence-electron chi connectivity index (χ2n) is 7.08. The van der Waals surface area contributed by atoms with Crippen molar-refractivity contribution in [1.82, 2.24) is 15.0 Å². The standard InChI is InChI=1S/C16H27N3O/c1-11-5-16(20-17-11)10-19(4)15-8-12-6-14(18(2)3)7-13(12)9-15/h5,12-15H,6-10H2,1-4H3/t12-,13+,14?,15?. The first-order valence-electron chi connectivity index (χ1n) is 7.81. The van der Waals surface area contributed by atoms with Crippen LogP contribution in [-0.2, 0) is 6.54 Å². The van der Waals surface area contributed by atoms with Crippen LogP contribution in [0.5, 0.6) is 0 Å². The van der Waals surface area contributed by atoms with Crippen LogP contribution in [0.15, 0.2) is 10.6 Å². The zero-order valence-electron chi connectivity index (χ0n) is 13.2. The van der Waals surface area contributed by atoms with Crippen molar-refractivity contribution < 1.29 is 4.52 Å². The van der Waals surface area contributed by atoms with E-state index in [0.717, 1.165) is 41.9 Å². The van der Waals surface area contributed by atoms with E-state index < -0.39 is 0 Å². The van der Waals surface area contributed by atoms with Crippen LogP contribution < -0.4 is 0 Å². The van der Waals surface area contributed by atoms with Gasteiger partial charge in [0.05, 0.1) is 12.2 Å². The lowest BCUT2D eigenvalue weighted by atomic mass is 10.0. The van der Waals surface area contributed by atoms with Gasteiger partial charge >= 0.3 is 0 Å². The Bertz CT molecular complexity index is 442. The molecule has 0 N–H and O–H groups in total. The van der Waals surface area contributed by atoms with E-state index in [1.165, 1.54) is 25.7 Å². The van der Waals surface area contributed by atoms with E-state index in [1.807, 2.05) is 13.0 Å². The highest BCUT2D eigenvalue weighted by Gasteiger charge is 2.43. The molecule has 1 aromatic heterocycles. The maximum Gasteiger partial charge on any atom is 0.150 e. The van der Waals surface area contributed by atoms with Crippen LogP contribution in [0.25, 0.3) is 0 Å². The molecule has 2 saturated carbocycles. The van der Waals surface area contributed by atoms with Gasteiger partial charge in [-0.15, -0.1) is 0 Å². The van der Waals surface area contributed by atoms with E-state index in [1.54, 1.807) is 0 Å². The fourth-order valence-electron chi connectivity index (χ4n) is 4.20. The fraction of sp³-hybridized carbons (Fsp3) is 0.812. The van der Waals surface area contributed by atoms with Gasteiger partial charge in [-0.1, -0.05) is 5.16 Å². The van der Waals surface area contributed by atoms with Gasteiger partial charge < -0.3 is 9.42 Å². The van der Waals surface area contributed by atoms with E-state index >= 15 is 0 Å². The van der Waals surface area contributed by atoms with Crippen LogP contribution in [0.1, 0.15) is 37.1 Å². The molecule has 2 aliphatic rings. The van der Waals surface area contributed by atoms with E-state index in [0.29, 0.717) is 0 Å². The predicted molar refractivity (Wildman–Crippen MR) is 79.4 cm³/mol. The number of nitrogens with zero attached hydrogens (tertiary/aromatic N) is 3. The topological polar surface area (TPSA) is 32.5 Å². The molecular weight excluding hydrogens is 250 g/mol. The number of aryl methyl sites for hydroxylation is 1. The third-order valence-corrected chi connectivity index (χ3v) is 5.40. The van der Waals surface area contributed by atoms with Gasteiger partial charge in [0.15, 0.2) is 5.76 Å². The Kier molecular flexibility index (Phi) is 3.87. The summed E-state index contributed by atoms with van der Waals surface area (Å²) in [6.07, 6.45) is 5.50. The van der Waals surface area contributed by atoms with Crippen LogP contribution >= 0.6 is 0 Å². The molecule has 1 aromatic rings. The fourth-order valence-corrected chi connectivity index (χ4v) is 4.20. The van der Waals surface area contributed by atoms with E-state index in [-0.39, 0.29) is 0 Å². The first-order valence-corrected chi connectivity index (χ1v) is 7.81. The minimum atomic E-state index is 0.721. The van der Waals surface area contributed by atoms with Crippen LogP contribution in [0.4, 0.5) is 0 Å². The van der Waals surface area contributed by atoms with Gasteiger partial charge in [-0.3, -0.25) is 4.90 Å². The molecule has 0 aromatic carbocycles.